The fourth-order valence-corrected chi connectivity index (χ4v) is 5.10. The van der Waals surface area contributed by atoms with Gasteiger partial charge in [-0.15, -0.1) is 0 Å². The van der Waals surface area contributed by atoms with Crippen LogP contribution in [0.2, 0.25) is 0 Å². The Morgan fingerprint density at radius 2 is 1.85 bits per heavy atom. The Labute approximate surface area is 240 Å². The molecule has 0 bridgehead atoms. The second-order valence-corrected chi connectivity index (χ2v) is 11.0. The lowest BCUT2D eigenvalue weighted by molar-refractivity contribution is 0.118. The van der Waals surface area contributed by atoms with Gasteiger partial charge in [0.1, 0.15) is 17.5 Å². The van der Waals surface area contributed by atoms with Crippen molar-refractivity contribution in [1.29, 1.82) is 5.26 Å². The van der Waals surface area contributed by atoms with E-state index in [4.69, 9.17) is 4.98 Å². The number of allylic oxidation sites excluding steroid dienone is 2. The molecule has 0 spiro atoms. The van der Waals surface area contributed by atoms with E-state index in [1.807, 2.05) is 44.0 Å². The largest absolute Gasteiger partial charge is 0.384 e. The number of piperazine rings is 1. The molecule has 4 aromatic rings. The third-order valence-electron chi connectivity index (χ3n) is 7.32. The zero-order chi connectivity index (χ0) is 29.1. The predicted molar refractivity (Wildman–Crippen MR) is 162 cm³/mol. The van der Waals surface area contributed by atoms with Crippen LogP contribution in [0.25, 0.3) is 27.8 Å². The van der Waals surface area contributed by atoms with E-state index >= 15 is 0 Å². The average Bonchev–Trinajstić information content (AvgIpc) is 3.58. The van der Waals surface area contributed by atoms with Crippen LogP contribution in [0.4, 0.5) is 5.82 Å². The summed E-state index contributed by atoms with van der Waals surface area (Å²) < 4.78 is 3.52. The van der Waals surface area contributed by atoms with Gasteiger partial charge in [-0.25, -0.2) is 9.50 Å². The Bertz CT molecular complexity index is 1650. The standard InChI is InChI=1S/C31H35N9O/c1-22(6-8-28(33-4)31(2,3)41)19-38-10-12-39(13-11-38)29-9-7-23(16-34-29)27-14-24(26-18-35-37(5)20-26)21-40-30(27)25(15-32)17-36-40/h6-9,14,16-18,20-21,41H,4,10-13,19H2,1-3,5H3/b22-6+,28-8-. The van der Waals surface area contributed by atoms with Gasteiger partial charge in [0.2, 0.25) is 0 Å². The fourth-order valence-electron chi connectivity index (χ4n) is 5.10. The number of anilines is 1. The van der Waals surface area contributed by atoms with Crippen LogP contribution in [0, 0.1) is 11.3 Å². The number of fused-ring (bicyclic) bond motifs is 1. The molecule has 4 aromatic heterocycles. The first-order valence-electron chi connectivity index (χ1n) is 13.6. The normalized spacial score (nSPS) is 15.4. The quantitative estimate of drug-likeness (QED) is 0.260. The molecule has 1 N–H and O–H groups in total. The molecule has 1 saturated heterocycles. The number of rotatable bonds is 8. The summed E-state index contributed by atoms with van der Waals surface area (Å²) in [6, 6.07) is 8.46. The fraction of sp³-hybridized carbons (Fsp3) is 0.323. The summed E-state index contributed by atoms with van der Waals surface area (Å²) in [4.78, 5) is 13.5. The number of hydrogen-bond acceptors (Lipinski definition) is 8. The maximum atomic E-state index is 10.2. The van der Waals surface area contributed by atoms with Crippen molar-refractivity contribution < 1.29 is 5.11 Å². The highest BCUT2D eigenvalue weighted by atomic mass is 16.3. The van der Waals surface area contributed by atoms with Crippen LogP contribution in [-0.2, 0) is 7.05 Å². The van der Waals surface area contributed by atoms with Gasteiger partial charge in [0.25, 0.3) is 0 Å². The summed E-state index contributed by atoms with van der Waals surface area (Å²) in [6.07, 6.45) is 13.0. The lowest BCUT2D eigenvalue weighted by atomic mass is 10.0. The first-order chi connectivity index (χ1) is 19.7. The molecule has 5 heterocycles. The molecule has 1 aliphatic heterocycles. The summed E-state index contributed by atoms with van der Waals surface area (Å²) in [5, 5.41) is 28.6. The van der Waals surface area contributed by atoms with Gasteiger partial charge in [-0.1, -0.05) is 11.6 Å². The highest BCUT2D eigenvalue weighted by Crippen LogP contribution is 2.32. The third kappa shape index (κ3) is 6.11. The molecule has 0 saturated carbocycles. The van der Waals surface area contributed by atoms with Gasteiger partial charge in [-0.3, -0.25) is 14.6 Å². The zero-order valence-electron chi connectivity index (χ0n) is 24.0. The lowest BCUT2D eigenvalue weighted by Crippen LogP contribution is -2.47. The first kappa shape index (κ1) is 28.0. The minimum atomic E-state index is -1.02. The molecular weight excluding hydrogens is 514 g/mol. The van der Waals surface area contributed by atoms with E-state index in [-0.39, 0.29) is 0 Å². The summed E-state index contributed by atoms with van der Waals surface area (Å²) in [7, 11) is 1.89. The lowest BCUT2D eigenvalue weighted by Gasteiger charge is -2.35. The van der Waals surface area contributed by atoms with Gasteiger partial charge in [-0.05, 0) is 51.8 Å². The Morgan fingerprint density at radius 1 is 1.07 bits per heavy atom. The molecule has 0 atom stereocenters. The van der Waals surface area contributed by atoms with Gasteiger partial charge >= 0.3 is 0 Å². The van der Waals surface area contributed by atoms with Crippen molar-refractivity contribution in [3.63, 3.8) is 0 Å². The maximum Gasteiger partial charge on any atom is 0.128 e. The van der Waals surface area contributed by atoms with E-state index in [1.54, 1.807) is 29.2 Å². The highest BCUT2D eigenvalue weighted by molar-refractivity contribution is 5.87. The molecule has 210 valence electrons. The van der Waals surface area contributed by atoms with E-state index in [0.717, 1.165) is 66.3 Å². The van der Waals surface area contributed by atoms with Crippen LogP contribution >= 0.6 is 0 Å². The Balaban J connectivity index is 1.30. The Kier molecular flexibility index (Phi) is 7.83. The van der Waals surface area contributed by atoms with E-state index < -0.39 is 5.60 Å². The van der Waals surface area contributed by atoms with Crippen molar-refractivity contribution in [2.45, 2.75) is 26.4 Å². The molecular formula is C31H35N9O. The number of pyridine rings is 2. The SMILES string of the molecule is C=N/C(=C\C=C(/C)CN1CCN(c2ccc(-c3cc(-c4cnn(C)c4)cn4ncc(C#N)c34)cn2)CC1)C(C)(C)O. The highest BCUT2D eigenvalue weighted by Gasteiger charge is 2.20. The number of aliphatic imine (C=N–C) groups is 1. The average molecular weight is 550 g/mol. The zero-order valence-corrected chi connectivity index (χ0v) is 24.0. The van der Waals surface area contributed by atoms with Crippen LogP contribution in [0.1, 0.15) is 26.3 Å². The first-order valence-corrected chi connectivity index (χ1v) is 13.6. The maximum absolute atomic E-state index is 10.2. The molecule has 10 heteroatoms. The molecule has 0 unspecified atom stereocenters. The molecule has 5 rings (SSSR count). The number of aryl methyl sites for hydroxylation is 1. The van der Waals surface area contributed by atoms with Crippen LogP contribution in [-0.4, -0.2) is 79.4 Å². The minimum Gasteiger partial charge on any atom is -0.384 e. The number of nitriles is 1. The second-order valence-electron chi connectivity index (χ2n) is 11.0. The van der Waals surface area contributed by atoms with Crippen molar-refractivity contribution in [2.75, 3.05) is 37.6 Å². The van der Waals surface area contributed by atoms with E-state index in [1.165, 1.54) is 5.57 Å². The minimum absolute atomic E-state index is 0.523. The smallest absolute Gasteiger partial charge is 0.128 e. The van der Waals surface area contributed by atoms with Crippen LogP contribution in [0.3, 0.4) is 0 Å². The summed E-state index contributed by atoms with van der Waals surface area (Å²) in [5.74, 6) is 0.934. The molecule has 10 nitrogen and oxygen atoms in total. The van der Waals surface area contributed by atoms with Gasteiger partial charge < -0.3 is 10.0 Å². The number of aliphatic hydroxyl groups is 1. The van der Waals surface area contributed by atoms with Crippen molar-refractivity contribution in [2.24, 2.45) is 12.0 Å². The summed E-state index contributed by atoms with van der Waals surface area (Å²) in [6.45, 7) is 13.5. The van der Waals surface area contributed by atoms with E-state index in [0.29, 0.717) is 11.3 Å². The monoisotopic (exact) mass is 549 g/mol. The molecule has 1 aliphatic rings. The number of aromatic nitrogens is 5. The molecule has 0 amide bonds. The predicted octanol–water partition coefficient (Wildman–Crippen LogP) is 4.09. The van der Waals surface area contributed by atoms with Gasteiger partial charge in [0.15, 0.2) is 0 Å². The van der Waals surface area contributed by atoms with Crippen LogP contribution < -0.4 is 4.90 Å². The van der Waals surface area contributed by atoms with E-state index in [2.05, 4.69) is 62.9 Å². The molecule has 0 aliphatic carbocycles. The summed E-state index contributed by atoms with van der Waals surface area (Å²) in [5.41, 5.74) is 5.79. The van der Waals surface area contributed by atoms with Crippen LogP contribution in [0.15, 0.2) is 77.6 Å². The number of hydrogen-bond donors (Lipinski definition) is 1. The van der Waals surface area contributed by atoms with Crippen LogP contribution in [0.5, 0.6) is 0 Å². The van der Waals surface area contributed by atoms with E-state index in [9.17, 15) is 10.4 Å². The summed E-state index contributed by atoms with van der Waals surface area (Å²) >= 11 is 0. The Hall–Kier alpha value is -4.59. The third-order valence-corrected chi connectivity index (χ3v) is 7.32. The molecule has 1 fully saturated rings. The van der Waals surface area contributed by atoms with Crippen molar-refractivity contribution >= 4 is 18.1 Å². The van der Waals surface area contributed by atoms with Crippen molar-refractivity contribution in [3.8, 4) is 28.3 Å². The van der Waals surface area contributed by atoms with Crippen molar-refractivity contribution in [3.05, 3.63) is 78.2 Å². The number of nitrogens with zero attached hydrogens (tertiary/aromatic N) is 9. The van der Waals surface area contributed by atoms with Gasteiger partial charge in [0.05, 0.1) is 29.2 Å². The van der Waals surface area contributed by atoms with Gasteiger partial charge in [-0.2, -0.15) is 15.5 Å². The molecule has 41 heavy (non-hydrogen) atoms. The molecule has 0 radical (unpaired) electrons. The van der Waals surface area contributed by atoms with Crippen molar-refractivity contribution in [1.82, 2.24) is 29.3 Å². The molecule has 0 aromatic carbocycles. The Morgan fingerprint density at radius 3 is 2.46 bits per heavy atom. The second kappa shape index (κ2) is 11.5. The topological polar surface area (TPSA) is 111 Å². The van der Waals surface area contributed by atoms with Gasteiger partial charge in [0, 0.05) is 80.6 Å².